The fourth-order valence-corrected chi connectivity index (χ4v) is 6.09. The number of benzene rings is 1. The van der Waals surface area contributed by atoms with Gasteiger partial charge in [-0.05, 0) is 68.0 Å². The molecule has 3 heterocycles. The van der Waals surface area contributed by atoms with E-state index in [2.05, 4.69) is 20.4 Å². The highest BCUT2D eigenvalue weighted by Crippen LogP contribution is 2.45. The van der Waals surface area contributed by atoms with E-state index in [4.69, 9.17) is 9.97 Å². The largest absolute Gasteiger partial charge is 0.386 e. The summed E-state index contributed by atoms with van der Waals surface area (Å²) in [5.41, 5.74) is 1.43. The molecule has 2 aliphatic carbocycles. The summed E-state index contributed by atoms with van der Waals surface area (Å²) >= 11 is 1.49. The number of hydrogen-bond acceptors (Lipinski definition) is 8. The third-order valence-electron chi connectivity index (χ3n) is 7.57. The molecule has 1 saturated heterocycles. The first-order valence-corrected chi connectivity index (χ1v) is 13.7. The minimum atomic E-state index is -0.586. The zero-order valence-electron chi connectivity index (χ0n) is 20.5. The Balaban J connectivity index is 1.18. The van der Waals surface area contributed by atoms with Crippen LogP contribution in [0.1, 0.15) is 49.8 Å². The lowest BCUT2D eigenvalue weighted by Crippen LogP contribution is -2.63. The van der Waals surface area contributed by atoms with E-state index in [0.29, 0.717) is 48.0 Å². The Bertz CT molecular complexity index is 1240. The van der Waals surface area contributed by atoms with E-state index in [1.54, 1.807) is 0 Å². The zero-order chi connectivity index (χ0) is 24.7. The van der Waals surface area contributed by atoms with E-state index in [1.807, 2.05) is 43.3 Å². The van der Waals surface area contributed by atoms with Crippen molar-refractivity contribution in [3.05, 3.63) is 47.7 Å². The molecule has 3 fully saturated rings. The quantitative estimate of drug-likeness (QED) is 0.361. The molecule has 2 saturated carbocycles. The molecule has 0 spiro atoms. The van der Waals surface area contributed by atoms with Crippen LogP contribution in [-0.4, -0.2) is 49.7 Å². The topological polar surface area (TPSA) is 107 Å². The van der Waals surface area contributed by atoms with E-state index in [1.165, 1.54) is 24.6 Å². The Hall–Kier alpha value is -2.91. The number of nitrogens with one attached hydrogen (secondary N) is 2. The van der Waals surface area contributed by atoms with Gasteiger partial charge in [-0.25, -0.2) is 9.97 Å². The van der Waals surface area contributed by atoms with Crippen molar-refractivity contribution >= 4 is 35.0 Å². The normalized spacial score (nSPS) is 19.3. The molecule has 188 valence electrons. The van der Waals surface area contributed by atoms with Gasteiger partial charge < -0.3 is 15.3 Å². The van der Waals surface area contributed by atoms with Crippen molar-refractivity contribution in [1.29, 1.82) is 0 Å². The van der Waals surface area contributed by atoms with Gasteiger partial charge in [0.25, 0.3) is 0 Å². The monoisotopic (exact) mass is 504 g/mol. The molecule has 1 aliphatic heterocycles. The van der Waals surface area contributed by atoms with E-state index < -0.39 is 5.60 Å². The summed E-state index contributed by atoms with van der Waals surface area (Å²) in [5.74, 6) is 3.20. The van der Waals surface area contributed by atoms with Gasteiger partial charge in [0.2, 0.25) is 0 Å². The van der Waals surface area contributed by atoms with Crippen molar-refractivity contribution in [2.24, 2.45) is 11.8 Å². The van der Waals surface area contributed by atoms with Gasteiger partial charge in [-0.15, -0.1) is 0 Å². The molecule has 0 amide bonds. The molecule has 0 bridgehead atoms. The molecule has 3 N–H and O–H groups in total. The number of hydrogen-bond donors (Lipinski definition) is 3. The molecule has 1 aromatic carbocycles. The lowest BCUT2D eigenvalue weighted by molar-refractivity contribution is -0.122. The number of ketones is 1. The van der Waals surface area contributed by atoms with Crippen LogP contribution in [0.2, 0.25) is 0 Å². The molecule has 36 heavy (non-hydrogen) atoms. The van der Waals surface area contributed by atoms with E-state index in [0.717, 1.165) is 47.7 Å². The van der Waals surface area contributed by atoms with Gasteiger partial charge in [0.05, 0.1) is 13.1 Å². The van der Waals surface area contributed by atoms with Crippen LogP contribution in [0.15, 0.2) is 46.5 Å². The fraction of sp³-hybridized carbons (Fsp3) is 0.481. The minimum absolute atomic E-state index is 0.249. The van der Waals surface area contributed by atoms with Gasteiger partial charge in [0.1, 0.15) is 23.0 Å². The third kappa shape index (κ3) is 5.13. The second-order valence-corrected chi connectivity index (χ2v) is 11.6. The summed E-state index contributed by atoms with van der Waals surface area (Å²) < 4.78 is 0. The summed E-state index contributed by atoms with van der Waals surface area (Å²) in [6.45, 7) is 3.15. The van der Waals surface area contributed by atoms with Crippen LogP contribution >= 0.6 is 11.8 Å². The number of nitrogens with zero attached hydrogens (tertiary/aromatic N) is 4. The molecule has 9 heteroatoms. The summed E-state index contributed by atoms with van der Waals surface area (Å²) in [7, 11) is 0. The lowest BCUT2D eigenvalue weighted by Gasteiger charge is -2.47. The van der Waals surface area contributed by atoms with Crippen molar-refractivity contribution in [2.75, 3.05) is 23.3 Å². The maximum Gasteiger partial charge on any atom is 0.196 e. The van der Waals surface area contributed by atoms with Crippen LogP contribution in [0.5, 0.6) is 0 Å². The predicted octanol–water partition coefficient (Wildman–Crippen LogP) is 4.67. The number of aromatic amines is 1. The summed E-state index contributed by atoms with van der Waals surface area (Å²) in [6, 6.07) is 12.0. The first-order valence-electron chi connectivity index (χ1n) is 12.9. The van der Waals surface area contributed by atoms with Crippen LogP contribution in [0.3, 0.4) is 0 Å². The summed E-state index contributed by atoms with van der Waals surface area (Å²) in [5, 5.41) is 21.9. The van der Waals surface area contributed by atoms with Crippen molar-refractivity contribution in [2.45, 2.75) is 67.5 Å². The third-order valence-corrected chi connectivity index (χ3v) is 8.44. The number of aliphatic hydroxyl groups is 1. The maximum absolute atomic E-state index is 12.5. The van der Waals surface area contributed by atoms with Crippen molar-refractivity contribution in [3.8, 4) is 0 Å². The van der Waals surface area contributed by atoms with Crippen LogP contribution in [0.4, 0.5) is 17.5 Å². The lowest BCUT2D eigenvalue weighted by atomic mass is 9.89. The van der Waals surface area contributed by atoms with Gasteiger partial charge in [0, 0.05) is 35.1 Å². The zero-order valence-corrected chi connectivity index (χ0v) is 21.4. The van der Waals surface area contributed by atoms with Crippen LogP contribution < -0.4 is 10.2 Å². The van der Waals surface area contributed by atoms with Crippen LogP contribution in [0, 0.1) is 18.8 Å². The van der Waals surface area contributed by atoms with Gasteiger partial charge in [-0.1, -0.05) is 25.0 Å². The van der Waals surface area contributed by atoms with Crippen LogP contribution in [0.25, 0.3) is 0 Å². The second-order valence-electron chi connectivity index (χ2n) is 10.6. The minimum Gasteiger partial charge on any atom is -0.386 e. The molecule has 8 nitrogen and oxygen atoms in total. The molecule has 0 atom stereocenters. The SMILES string of the molecule is Cc1cc(Nc2cc(N3CC(O)(C4CC4)C3)nc(Sc3ccc(CC(=O)C4CCCC4)cc3)n2)n[nH]1. The highest BCUT2D eigenvalue weighted by atomic mass is 32.2. The van der Waals surface area contributed by atoms with Crippen molar-refractivity contribution in [1.82, 2.24) is 20.2 Å². The molecular weight excluding hydrogens is 472 g/mol. The number of carbonyl (C=O) groups excluding carboxylic acids is 1. The smallest absolute Gasteiger partial charge is 0.196 e. The van der Waals surface area contributed by atoms with Crippen molar-refractivity contribution < 1.29 is 9.90 Å². The van der Waals surface area contributed by atoms with Gasteiger partial charge in [-0.3, -0.25) is 9.89 Å². The molecule has 3 aromatic rings. The number of H-pyrrole nitrogens is 1. The Morgan fingerprint density at radius 1 is 1.11 bits per heavy atom. The van der Waals surface area contributed by atoms with Crippen LogP contribution in [-0.2, 0) is 11.2 Å². The van der Waals surface area contributed by atoms with E-state index in [-0.39, 0.29) is 5.92 Å². The number of rotatable bonds is 9. The van der Waals surface area contributed by atoms with Gasteiger partial charge >= 0.3 is 0 Å². The summed E-state index contributed by atoms with van der Waals surface area (Å²) in [6.07, 6.45) is 7.19. The number of anilines is 3. The molecule has 3 aliphatic rings. The molecule has 6 rings (SSSR count). The highest BCUT2D eigenvalue weighted by molar-refractivity contribution is 7.99. The standard InChI is InChI=1S/C27H32N6O2S/c1-17-12-24(32-31-17)28-23-14-25(33-15-27(35,16-33)20-8-9-20)30-26(29-23)36-21-10-6-18(7-11-21)13-22(34)19-4-2-3-5-19/h6-7,10-12,14,19-20,35H,2-5,8-9,13,15-16H2,1H3,(H2,28,29,30,31,32). The van der Waals surface area contributed by atoms with E-state index in [9.17, 15) is 9.90 Å². The maximum atomic E-state index is 12.5. The number of aryl methyl sites for hydroxylation is 1. The van der Waals surface area contributed by atoms with Gasteiger partial charge in [-0.2, -0.15) is 5.10 Å². The average molecular weight is 505 g/mol. The second kappa shape index (κ2) is 9.52. The molecule has 0 unspecified atom stereocenters. The van der Waals surface area contributed by atoms with E-state index >= 15 is 0 Å². The Kier molecular flexibility index (Phi) is 6.21. The molecule has 0 radical (unpaired) electrons. The molecular formula is C27H32N6O2S. The number of carbonyl (C=O) groups is 1. The van der Waals surface area contributed by atoms with Gasteiger partial charge in [0.15, 0.2) is 11.0 Å². The van der Waals surface area contributed by atoms with Crippen molar-refractivity contribution in [3.63, 3.8) is 0 Å². The number of β-amino-alcohol motifs (C(OH)–C–C–N with tert-alkyl or cyclic N) is 1. The number of Topliss-reactive ketones (excluding diaryl/α,β-unsaturated/α-hetero) is 1. The predicted molar refractivity (Wildman–Crippen MR) is 140 cm³/mol. The first kappa shape index (κ1) is 23.5. The Labute approximate surface area is 215 Å². The fourth-order valence-electron chi connectivity index (χ4n) is 5.33. The summed E-state index contributed by atoms with van der Waals surface area (Å²) in [4.78, 5) is 25.2. The Morgan fingerprint density at radius 3 is 2.53 bits per heavy atom. The Morgan fingerprint density at radius 2 is 1.86 bits per heavy atom. The number of aromatic nitrogens is 4. The first-order chi connectivity index (χ1) is 17.4. The average Bonchev–Trinajstić information content (AvgIpc) is 3.39. The highest BCUT2D eigenvalue weighted by Gasteiger charge is 2.52. The molecule has 2 aromatic heterocycles.